The Hall–Kier alpha value is -1.03. The first-order valence-electron chi connectivity index (χ1n) is 6.91. The summed E-state index contributed by atoms with van der Waals surface area (Å²) < 4.78 is 7.27. The highest BCUT2D eigenvalue weighted by atomic mass is 16.5. The highest BCUT2D eigenvalue weighted by Crippen LogP contribution is 2.18. The summed E-state index contributed by atoms with van der Waals surface area (Å²) in [6.07, 6.45) is 4.46. The molecule has 1 heterocycles. The molecule has 0 bridgehead atoms. The maximum absolute atomic E-state index is 5.13. The summed E-state index contributed by atoms with van der Waals surface area (Å²) in [6.45, 7) is 10.3. The minimum atomic E-state index is 0.447. The molecule has 4 nitrogen and oxygen atoms in total. The minimum Gasteiger partial charge on any atom is -0.383 e. The van der Waals surface area contributed by atoms with E-state index >= 15 is 0 Å². The molecule has 0 aliphatic carbocycles. The second-order valence-electron chi connectivity index (χ2n) is 4.90. The molecule has 1 aromatic rings. The van der Waals surface area contributed by atoms with Crippen LogP contribution in [0.15, 0.2) is 6.20 Å². The fourth-order valence-corrected chi connectivity index (χ4v) is 2.34. The van der Waals surface area contributed by atoms with E-state index in [-0.39, 0.29) is 0 Å². The number of nitrogens with one attached hydrogen (secondary N) is 1. The van der Waals surface area contributed by atoms with E-state index in [9.17, 15) is 0 Å². The summed E-state index contributed by atoms with van der Waals surface area (Å²) in [5.41, 5.74) is 1.05. The fourth-order valence-electron chi connectivity index (χ4n) is 2.34. The van der Waals surface area contributed by atoms with Gasteiger partial charge in [0.1, 0.15) is 0 Å². The molecular weight excluding hydrogens is 226 g/mol. The standard InChI is InChI=1S/C14H27N3O/c1-6-13(7-2)12(4)16-14-15-11(3)10-17(14)8-9-18-5/h10,12-13H,6-9H2,1-5H3,(H,15,16). The predicted molar refractivity (Wildman–Crippen MR) is 76.0 cm³/mol. The van der Waals surface area contributed by atoms with Crippen LogP contribution in [-0.2, 0) is 11.3 Å². The summed E-state index contributed by atoms with van der Waals surface area (Å²) in [6, 6.07) is 0.447. The number of aromatic nitrogens is 2. The normalized spacial score (nSPS) is 13.0. The topological polar surface area (TPSA) is 39.1 Å². The molecule has 0 amide bonds. The monoisotopic (exact) mass is 253 g/mol. The second kappa shape index (κ2) is 7.41. The van der Waals surface area contributed by atoms with Crippen LogP contribution in [0.1, 0.15) is 39.3 Å². The zero-order valence-electron chi connectivity index (χ0n) is 12.4. The third-order valence-electron chi connectivity index (χ3n) is 3.55. The number of aryl methyl sites for hydroxylation is 1. The molecule has 0 radical (unpaired) electrons. The maximum Gasteiger partial charge on any atom is 0.203 e. The molecule has 1 N–H and O–H groups in total. The lowest BCUT2D eigenvalue weighted by atomic mass is 9.96. The Morgan fingerprint density at radius 1 is 1.39 bits per heavy atom. The smallest absolute Gasteiger partial charge is 0.203 e. The predicted octanol–water partition coefficient (Wildman–Crippen LogP) is 3.07. The number of rotatable bonds is 8. The zero-order chi connectivity index (χ0) is 13.5. The number of imidazole rings is 1. The number of nitrogens with zero attached hydrogens (tertiary/aromatic N) is 2. The Kier molecular flexibility index (Phi) is 6.19. The first-order valence-corrected chi connectivity index (χ1v) is 6.91. The molecule has 1 atom stereocenters. The average molecular weight is 253 g/mol. The molecule has 0 saturated carbocycles. The molecule has 1 rings (SSSR count). The first-order chi connectivity index (χ1) is 8.62. The van der Waals surface area contributed by atoms with Crippen LogP contribution < -0.4 is 5.32 Å². The SMILES string of the molecule is CCC(CC)C(C)Nc1nc(C)cn1CCOC. The van der Waals surface area contributed by atoms with Gasteiger partial charge in [-0.3, -0.25) is 0 Å². The lowest BCUT2D eigenvalue weighted by Gasteiger charge is -2.23. The van der Waals surface area contributed by atoms with E-state index in [1.807, 2.05) is 6.92 Å². The van der Waals surface area contributed by atoms with Crippen LogP contribution in [0.5, 0.6) is 0 Å². The summed E-state index contributed by atoms with van der Waals surface area (Å²) >= 11 is 0. The van der Waals surface area contributed by atoms with Gasteiger partial charge < -0.3 is 14.6 Å². The van der Waals surface area contributed by atoms with E-state index in [0.717, 1.165) is 18.2 Å². The van der Waals surface area contributed by atoms with E-state index in [1.165, 1.54) is 12.8 Å². The molecule has 18 heavy (non-hydrogen) atoms. The Labute approximate surface area is 111 Å². The lowest BCUT2D eigenvalue weighted by Crippen LogP contribution is -2.27. The summed E-state index contributed by atoms with van der Waals surface area (Å²) in [4.78, 5) is 4.55. The van der Waals surface area contributed by atoms with Crippen LogP contribution in [0.3, 0.4) is 0 Å². The highest BCUT2D eigenvalue weighted by molar-refractivity contribution is 5.30. The van der Waals surface area contributed by atoms with Gasteiger partial charge in [-0.05, 0) is 19.8 Å². The molecule has 1 aromatic heterocycles. The van der Waals surface area contributed by atoms with Crippen molar-refractivity contribution in [1.82, 2.24) is 9.55 Å². The van der Waals surface area contributed by atoms with Crippen molar-refractivity contribution in [3.63, 3.8) is 0 Å². The van der Waals surface area contributed by atoms with Crippen molar-refractivity contribution >= 4 is 5.95 Å². The Bertz CT molecular complexity index is 345. The van der Waals surface area contributed by atoms with Crippen LogP contribution in [0.2, 0.25) is 0 Å². The molecular formula is C14H27N3O. The van der Waals surface area contributed by atoms with E-state index in [0.29, 0.717) is 18.6 Å². The van der Waals surface area contributed by atoms with Gasteiger partial charge in [-0.15, -0.1) is 0 Å². The van der Waals surface area contributed by atoms with E-state index < -0.39 is 0 Å². The van der Waals surface area contributed by atoms with Gasteiger partial charge in [0.2, 0.25) is 5.95 Å². The van der Waals surface area contributed by atoms with Gasteiger partial charge in [0.25, 0.3) is 0 Å². The summed E-state index contributed by atoms with van der Waals surface area (Å²) in [5, 5.41) is 3.54. The summed E-state index contributed by atoms with van der Waals surface area (Å²) in [7, 11) is 1.73. The molecule has 4 heteroatoms. The van der Waals surface area contributed by atoms with Crippen molar-refractivity contribution in [2.45, 2.75) is 53.1 Å². The van der Waals surface area contributed by atoms with Gasteiger partial charge in [-0.25, -0.2) is 4.98 Å². The van der Waals surface area contributed by atoms with Crippen molar-refractivity contribution < 1.29 is 4.74 Å². The van der Waals surface area contributed by atoms with Crippen LogP contribution >= 0.6 is 0 Å². The number of methoxy groups -OCH3 is 1. The van der Waals surface area contributed by atoms with E-state index in [2.05, 4.69) is 41.8 Å². The van der Waals surface area contributed by atoms with Crippen molar-refractivity contribution in [1.29, 1.82) is 0 Å². The van der Waals surface area contributed by atoms with Crippen LogP contribution in [-0.4, -0.2) is 29.3 Å². The number of hydrogen-bond donors (Lipinski definition) is 1. The van der Waals surface area contributed by atoms with Gasteiger partial charge in [-0.2, -0.15) is 0 Å². The number of ether oxygens (including phenoxy) is 1. The average Bonchev–Trinajstić information content (AvgIpc) is 2.68. The highest BCUT2D eigenvalue weighted by Gasteiger charge is 2.15. The van der Waals surface area contributed by atoms with Gasteiger partial charge >= 0.3 is 0 Å². The van der Waals surface area contributed by atoms with Crippen molar-refractivity contribution in [2.75, 3.05) is 19.0 Å². The maximum atomic E-state index is 5.13. The summed E-state index contributed by atoms with van der Waals surface area (Å²) in [5.74, 6) is 1.65. The van der Waals surface area contributed by atoms with E-state index in [4.69, 9.17) is 4.74 Å². The molecule has 0 aliphatic rings. The molecule has 0 aliphatic heterocycles. The van der Waals surface area contributed by atoms with Gasteiger partial charge in [0, 0.05) is 25.9 Å². The van der Waals surface area contributed by atoms with Crippen LogP contribution in [0.4, 0.5) is 5.95 Å². The van der Waals surface area contributed by atoms with Gasteiger partial charge in [-0.1, -0.05) is 26.7 Å². The number of hydrogen-bond acceptors (Lipinski definition) is 3. The van der Waals surface area contributed by atoms with Gasteiger partial charge in [0.15, 0.2) is 0 Å². The number of anilines is 1. The van der Waals surface area contributed by atoms with Crippen molar-refractivity contribution in [3.05, 3.63) is 11.9 Å². The molecule has 0 saturated heterocycles. The lowest BCUT2D eigenvalue weighted by molar-refractivity contribution is 0.187. The Morgan fingerprint density at radius 2 is 2.06 bits per heavy atom. The largest absolute Gasteiger partial charge is 0.383 e. The molecule has 1 unspecified atom stereocenters. The fraction of sp³-hybridized carbons (Fsp3) is 0.786. The quantitative estimate of drug-likeness (QED) is 0.774. The Balaban J connectivity index is 2.70. The van der Waals surface area contributed by atoms with Crippen LogP contribution in [0.25, 0.3) is 0 Å². The molecule has 104 valence electrons. The molecule has 0 fully saturated rings. The van der Waals surface area contributed by atoms with Crippen LogP contribution in [0, 0.1) is 12.8 Å². The van der Waals surface area contributed by atoms with Crippen molar-refractivity contribution in [3.8, 4) is 0 Å². The molecule has 0 spiro atoms. The molecule has 0 aromatic carbocycles. The first kappa shape index (κ1) is 15.0. The Morgan fingerprint density at radius 3 is 2.61 bits per heavy atom. The minimum absolute atomic E-state index is 0.447. The third-order valence-corrected chi connectivity index (χ3v) is 3.55. The van der Waals surface area contributed by atoms with Crippen molar-refractivity contribution in [2.24, 2.45) is 5.92 Å². The zero-order valence-corrected chi connectivity index (χ0v) is 12.4. The third kappa shape index (κ3) is 4.02. The van der Waals surface area contributed by atoms with Gasteiger partial charge in [0.05, 0.1) is 12.3 Å². The van der Waals surface area contributed by atoms with E-state index in [1.54, 1.807) is 7.11 Å². The second-order valence-corrected chi connectivity index (χ2v) is 4.90.